The van der Waals surface area contributed by atoms with Crippen molar-refractivity contribution in [2.24, 2.45) is 0 Å². The van der Waals surface area contributed by atoms with E-state index in [0.29, 0.717) is 22.7 Å². The number of carbonyl (C=O) groups excluding carboxylic acids is 1. The number of rotatable bonds is 7. The first-order chi connectivity index (χ1) is 12.8. The molecule has 7 nitrogen and oxygen atoms in total. The van der Waals surface area contributed by atoms with Gasteiger partial charge in [-0.15, -0.1) is 0 Å². The minimum absolute atomic E-state index is 0.00654. The van der Waals surface area contributed by atoms with Crippen molar-refractivity contribution < 1.29 is 27.1 Å². The summed E-state index contributed by atoms with van der Waals surface area (Å²) in [7, 11) is -3.53. The van der Waals surface area contributed by atoms with Crippen molar-refractivity contribution in [2.75, 3.05) is 24.9 Å². The van der Waals surface area contributed by atoms with Gasteiger partial charge in [-0.3, -0.25) is 4.79 Å². The molecule has 1 aliphatic rings. The molecule has 0 radical (unpaired) electrons. The Kier molecular flexibility index (Phi) is 5.62. The van der Waals surface area contributed by atoms with E-state index in [1.807, 2.05) is 0 Å². The number of ether oxygens (including phenoxy) is 2. The monoisotopic (exact) mass is 394 g/mol. The van der Waals surface area contributed by atoms with Gasteiger partial charge in [-0.1, -0.05) is 12.1 Å². The van der Waals surface area contributed by atoms with Crippen molar-refractivity contribution >= 4 is 21.6 Å². The number of amides is 1. The summed E-state index contributed by atoms with van der Waals surface area (Å²) in [6.45, 7) is 0.211. The number of carbonyl (C=O) groups is 1. The number of hydrogen-bond donors (Lipinski definition) is 1. The van der Waals surface area contributed by atoms with Crippen molar-refractivity contribution in [1.29, 1.82) is 0 Å². The zero-order valence-electron chi connectivity index (χ0n) is 14.6. The molecule has 2 aromatic rings. The normalized spacial score (nSPS) is 13.0. The lowest BCUT2D eigenvalue weighted by atomic mass is 10.2. The van der Waals surface area contributed by atoms with Gasteiger partial charge in [-0.25, -0.2) is 12.8 Å². The SMILES string of the molecule is CS(=O)(=O)N(CCC(=O)Nc1ccc2c(c1)OCO2)Cc1ccc(F)cc1. The molecule has 3 rings (SSSR count). The second-order valence-corrected chi connectivity index (χ2v) is 8.07. The third kappa shape index (κ3) is 5.18. The Hall–Kier alpha value is -2.65. The van der Waals surface area contributed by atoms with Crippen LogP contribution in [0.3, 0.4) is 0 Å². The van der Waals surface area contributed by atoms with Crippen LogP contribution in [0.1, 0.15) is 12.0 Å². The number of hydrogen-bond acceptors (Lipinski definition) is 5. The summed E-state index contributed by atoms with van der Waals surface area (Å²) in [5.74, 6) is 0.423. The highest BCUT2D eigenvalue weighted by molar-refractivity contribution is 7.88. The number of halogens is 1. The molecule has 0 bridgehead atoms. The Morgan fingerprint density at radius 3 is 2.56 bits per heavy atom. The average molecular weight is 394 g/mol. The van der Waals surface area contributed by atoms with Gasteiger partial charge in [0.15, 0.2) is 11.5 Å². The minimum Gasteiger partial charge on any atom is -0.454 e. The summed E-state index contributed by atoms with van der Waals surface area (Å²) in [5.41, 5.74) is 1.17. The van der Waals surface area contributed by atoms with E-state index in [2.05, 4.69) is 5.32 Å². The smallest absolute Gasteiger partial charge is 0.231 e. The lowest BCUT2D eigenvalue weighted by Gasteiger charge is -2.20. The van der Waals surface area contributed by atoms with Gasteiger partial charge in [0.25, 0.3) is 0 Å². The topological polar surface area (TPSA) is 84.9 Å². The van der Waals surface area contributed by atoms with E-state index in [1.54, 1.807) is 18.2 Å². The van der Waals surface area contributed by atoms with Gasteiger partial charge in [-0.2, -0.15) is 4.31 Å². The van der Waals surface area contributed by atoms with Gasteiger partial charge in [0.1, 0.15) is 5.82 Å². The molecule has 1 aliphatic heterocycles. The molecule has 0 fully saturated rings. The Morgan fingerprint density at radius 1 is 1.15 bits per heavy atom. The number of fused-ring (bicyclic) bond motifs is 1. The maximum absolute atomic E-state index is 13.0. The summed E-state index contributed by atoms with van der Waals surface area (Å²) < 4.78 is 48.6. The van der Waals surface area contributed by atoms with E-state index >= 15 is 0 Å². The van der Waals surface area contributed by atoms with Crippen molar-refractivity contribution in [1.82, 2.24) is 4.31 Å². The van der Waals surface area contributed by atoms with E-state index < -0.39 is 15.8 Å². The van der Waals surface area contributed by atoms with Crippen LogP contribution in [0.2, 0.25) is 0 Å². The molecule has 1 N–H and O–H groups in total. The molecule has 1 amide bonds. The van der Waals surface area contributed by atoms with Crippen LogP contribution >= 0.6 is 0 Å². The van der Waals surface area contributed by atoms with Crippen LogP contribution in [-0.2, 0) is 21.4 Å². The third-order valence-corrected chi connectivity index (χ3v) is 5.24. The largest absolute Gasteiger partial charge is 0.454 e. The van der Waals surface area contributed by atoms with Crippen LogP contribution in [0.5, 0.6) is 11.5 Å². The zero-order chi connectivity index (χ0) is 19.4. The molecule has 2 aromatic carbocycles. The van der Waals surface area contributed by atoms with E-state index in [9.17, 15) is 17.6 Å². The van der Waals surface area contributed by atoms with Gasteiger partial charge < -0.3 is 14.8 Å². The minimum atomic E-state index is -3.53. The van der Waals surface area contributed by atoms with Crippen molar-refractivity contribution in [3.05, 3.63) is 53.8 Å². The fourth-order valence-electron chi connectivity index (χ4n) is 2.58. The van der Waals surface area contributed by atoms with Crippen molar-refractivity contribution in [3.63, 3.8) is 0 Å². The van der Waals surface area contributed by atoms with Crippen molar-refractivity contribution in [2.45, 2.75) is 13.0 Å². The number of sulfonamides is 1. The van der Waals surface area contributed by atoms with E-state index in [-0.39, 0.29) is 32.2 Å². The molecular weight excluding hydrogens is 375 g/mol. The van der Waals surface area contributed by atoms with Crippen LogP contribution in [0.4, 0.5) is 10.1 Å². The molecule has 0 aliphatic carbocycles. The second kappa shape index (κ2) is 7.93. The van der Waals surface area contributed by atoms with Gasteiger partial charge in [0.05, 0.1) is 6.26 Å². The quantitative estimate of drug-likeness (QED) is 0.779. The first-order valence-corrected chi connectivity index (χ1v) is 10.1. The van der Waals surface area contributed by atoms with E-state index in [0.717, 1.165) is 6.26 Å². The fraction of sp³-hybridized carbons (Fsp3) is 0.278. The van der Waals surface area contributed by atoms with Gasteiger partial charge in [-0.05, 0) is 29.8 Å². The highest BCUT2D eigenvalue weighted by Gasteiger charge is 2.19. The molecule has 144 valence electrons. The molecule has 0 saturated carbocycles. The van der Waals surface area contributed by atoms with E-state index in [1.165, 1.54) is 28.6 Å². The summed E-state index contributed by atoms with van der Waals surface area (Å²) in [6, 6.07) is 10.6. The standard InChI is InChI=1S/C18H19FN2O5S/c1-27(23,24)21(11-13-2-4-14(19)5-3-13)9-8-18(22)20-15-6-7-16-17(10-15)26-12-25-16/h2-7,10H,8-9,11-12H2,1H3,(H,20,22). The fourth-order valence-corrected chi connectivity index (χ4v) is 3.39. The highest BCUT2D eigenvalue weighted by Crippen LogP contribution is 2.34. The van der Waals surface area contributed by atoms with Crippen LogP contribution < -0.4 is 14.8 Å². The highest BCUT2D eigenvalue weighted by atomic mass is 32.2. The number of benzene rings is 2. The van der Waals surface area contributed by atoms with Crippen LogP contribution in [0.15, 0.2) is 42.5 Å². The lowest BCUT2D eigenvalue weighted by Crippen LogP contribution is -2.32. The zero-order valence-corrected chi connectivity index (χ0v) is 15.5. The maximum Gasteiger partial charge on any atom is 0.231 e. The summed E-state index contributed by atoms with van der Waals surface area (Å²) in [6.07, 6.45) is 1.05. The number of nitrogens with zero attached hydrogens (tertiary/aromatic N) is 1. The van der Waals surface area contributed by atoms with Gasteiger partial charge in [0, 0.05) is 31.3 Å². The maximum atomic E-state index is 13.0. The molecular formula is C18H19FN2O5S. The average Bonchev–Trinajstić information content (AvgIpc) is 3.07. The number of anilines is 1. The molecule has 0 atom stereocenters. The lowest BCUT2D eigenvalue weighted by molar-refractivity contribution is -0.116. The van der Waals surface area contributed by atoms with Gasteiger partial charge >= 0.3 is 0 Å². The Balaban J connectivity index is 1.59. The predicted molar refractivity (Wildman–Crippen MR) is 97.5 cm³/mol. The van der Waals surface area contributed by atoms with Crippen LogP contribution in [-0.4, -0.2) is 38.2 Å². The van der Waals surface area contributed by atoms with Crippen molar-refractivity contribution in [3.8, 4) is 11.5 Å². The first-order valence-electron chi connectivity index (χ1n) is 8.20. The molecule has 27 heavy (non-hydrogen) atoms. The molecule has 1 heterocycles. The Labute approximate surface area is 156 Å². The molecule has 9 heteroatoms. The summed E-state index contributed by atoms with van der Waals surface area (Å²) in [4.78, 5) is 12.2. The predicted octanol–water partition coefficient (Wildman–Crippen LogP) is 2.34. The number of nitrogens with one attached hydrogen (secondary N) is 1. The summed E-state index contributed by atoms with van der Waals surface area (Å²) >= 11 is 0. The Morgan fingerprint density at radius 2 is 1.85 bits per heavy atom. The second-order valence-electron chi connectivity index (χ2n) is 6.09. The van der Waals surface area contributed by atoms with Crippen LogP contribution in [0.25, 0.3) is 0 Å². The molecule has 0 unspecified atom stereocenters. The van der Waals surface area contributed by atoms with Crippen LogP contribution in [0, 0.1) is 5.82 Å². The molecule has 0 spiro atoms. The molecule has 0 saturated heterocycles. The van der Waals surface area contributed by atoms with E-state index in [4.69, 9.17) is 9.47 Å². The summed E-state index contributed by atoms with van der Waals surface area (Å²) in [5, 5.41) is 2.70. The first kappa shape index (κ1) is 19.1. The molecule has 0 aromatic heterocycles. The van der Waals surface area contributed by atoms with Gasteiger partial charge in [0.2, 0.25) is 22.7 Å². The Bertz CT molecular complexity index is 931. The third-order valence-electron chi connectivity index (χ3n) is 3.99.